The summed E-state index contributed by atoms with van der Waals surface area (Å²) < 4.78 is 0. The van der Waals surface area contributed by atoms with Gasteiger partial charge in [-0.1, -0.05) is 30.3 Å². The molecule has 0 N–H and O–H groups in total. The van der Waals surface area contributed by atoms with Crippen LogP contribution in [-0.4, -0.2) is 11.4 Å². The predicted octanol–water partition coefficient (Wildman–Crippen LogP) is 4.34. The van der Waals surface area contributed by atoms with Gasteiger partial charge in [0.2, 0.25) is 5.12 Å². The second-order valence-electron chi connectivity index (χ2n) is 3.43. The summed E-state index contributed by atoms with van der Waals surface area (Å²) in [5.41, 5.74) is 0.742. The highest BCUT2D eigenvalue weighted by molar-refractivity contribution is 8.14. The first-order valence-electron chi connectivity index (χ1n) is 5.21. The molecule has 1 nitrogen and oxygen atoms in total. The van der Waals surface area contributed by atoms with E-state index in [0.29, 0.717) is 0 Å². The molecule has 0 atom stereocenters. The van der Waals surface area contributed by atoms with Crippen LogP contribution in [0.4, 0.5) is 0 Å². The Kier molecular flexibility index (Phi) is 4.29. The van der Waals surface area contributed by atoms with Crippen LogP contribution in [0, 0.1) is 0 Å². The summed E-state index contributed by atoms with van der Waals surface area (Å²) in [6.45, 7) is 0. The van der Waals surface area contributed by atoms with Crippen molar-refractivity contribution in [1.82, 2.24) is 0 Å². The van der Waals surface area contributed by atoms with Gasteiger partial charge in [0.15, 0.2) is 0 Å². The summed E-state index contributed by atoms with van der Waals surface area (Å²) in [6, 6.07) is 17.4. The minimum absolute atomic E-state index is 0.0856. The molecular formula is C14H12OS2. The summed E-state index contributed by atoms with van der Waals surface area (Å²) in [7, 11) is 0. The van der Waals surface area contributed by atoms with Gasteiger partial charge in [-0.15, -0.1) is 11.8 Å². The lowest BCUT2D eigenvalue weighted by atomic mass is 10.2. The maximum atomic E-state index is 11.9. The summed E-state index contributed by atoms with van der Waals surface area (Å²) in [5.74, 6) is 0. The monoisotopic (exact) mass is 260 g/mol. The zero-order valence-electron chi connectivity index (χ0n) is 9.42. The molecule has 86 valence electrons. The Hall–Kier alpha value is -1.19. The van der Waals surface area contributed by atoms with Gasteiger partial charge in [-0.2, -0.15) is 0 Å². The van der Waals surface area contributed by atoms with Crippen LogP contribution < -0.4 is 0 Å². The minimum Gasteiger partial charge on any atom is -0.281 e. The number of carbonyl (C=O) groups excluding carboxylic acids is 1. The molecule has 0 aliphatic rings. The van der Waals surface area contributed by atoms with Gasteiger partial charge in [0, 0.05) is 15.4 Å². The number of hydrogen-bond donors (Lipinski definition) is 0. The van der Waals surface area contributed by atoms with Gasteiger partial charge in [-0.25, -0.2) is 0 Å². The number of hydrogen-bond acceptors (Lipinski definition) is 3. The topological polar surface area (TPSA) is 17.1 Å². The smallest absolute Gasteiger partial charge is 0.224 e. The van der Waals surface area contributed by atoms with Gasteiger partial charge in [0.1, 0.15) is 0 Å². The third kappa shape index (κ3) is 3.38. The summed E-state index contributed by atoms with van der Waals surface area (Å²) >= 11 is 2.97. The molecule has 0 saturated heterocycles. The molecule has 2 aromatic rings. The van der Waals surface area contributed by atoms with E-state index in [-0.39, 0.29) is 5.12 Å². The maximum absolute atomic E-state index is 11.9. The normalized spacial score (nSPS) is 10.2. The van der Waals surface area contributed by atoms with E-state index in [1.807, 2.05) is 60.9 Å². The second kappa shape index (κ2) is 5.94. The third-order valence-electron chi connectivity index (χ3n) is 2.28. The molecule has 0 unspecified atom stereocenters. The molecule has 0 saturated carbocycles. The number of benzene rings is 2. The average Bonchev–Trinajstić information content (AvgIpc) is 2.40. The van der Waals surface area contributed by atoms with E-state index in [1.165, 1.54) is 16.7 Å². The molecule has 0 aliphatic carbocycles. The van der Waals surface area contributed by atoms with Crippen molar-refractivity contribution < 1.29 is 4.79 Å². The fraction of sp³-hybridized carbons (Fsp3) is 0.0714. The minimum atomic E-state index is 0.0856. The Morgan fingerprint density at radius 1 is 0.882 bits per heavy atom. The second-order valence-corrected chi connectivity index (χ2v) is 5.36. The Morgan fingerprint density at radius 2 is 1.47 bits per heavy atom. The largest absolute Gasteiger partial charge is 0.281 e. The summed E-state index contributed by atoms with van der Waals surface area (Å²) in [6.07, 6.45) is 2.04. The molecule has 0 aromatic heterocycles. The first-order valence-corrected chi connectivity index (χ1v) is 7.25. The molecule has 0 bridgehead atoms. The standard InChI is InChI=1S/C14H12OS2/c1-16-12-7-9-13(10-8-12)17-14(15)11-5-3-2-4-6-11/h2-10H,1H3. The SMILES string of the molecule is CSc1ccc(SC(=O)c2ccccc2)cc1. The zero-order chi connectivity index (χ0) is 12.1. The molecule has 0 aliphatic heterocycles. The Morgan fingerprint density at radius 3 is 2.06 bits per heavy atom. The van der Waals surface area contributed by atoms with Crippen molar-refractivity contribution in [1.29, 1.82) is 0 Å². The van der Waals surface area contributed by atoms with E-state index in [9.17, 15) is 4.79 Å². The van der Waals surface area contributed by atoms with Gasteiger partial charge in [-0.05, 0) is 42.3 Å². The van der Waals surface area contributed by atoms with E-state index < -0.39 is 0 Å². The van der Waals surface area contributed by atoms with Crippen LogP contribution in [0.3, 0.4) is 0 Å². The zero-order valence-corrected chi connectivity index (χ0v) is 11.1. The fourth-order valence-corrected chi connectivity index (χ4v) is 2.53. The molecule has 0 amide bonds. The van der Waals surface area contributed by atoms with Crippen molar-refractivity contribution in [2.75, 3.05) is 6.26 Å². The van der Waals surface area contributed by atoms with Gasteiger partial charge >= 0.3 is 0 Å². The molecule has 2 rings (SSSR count). The first-order chi connectivity index (χ1) is 8.29. The Balaban J connectivity index is 2.08. The van der Waals surface area contributed by atoms with Crippen LogP contribution in [0.25, 0.3) is 0 Å². The molecule has 0 spiro atoms. The number of rotatable bonds is 3. The maximum Gasteiger partial charge on any atom is 0.224 e. The lowest BCUT2D eigenvalue weighted by molar-refractivity contribution is 0.108. The molecule has 0 heterocycles. The number of carbonyl (C=O) groups is 1. The lowest BCUT2D eigenvalue weighted by Gasteiger charge is -2.01. The summed E-state index contributed by atoms with van der Waals surface area (Å²) in [4.78, 5) is 14.1. The van der Waals surface area contributed by atoms with Crippen molar-refractivity contribution in [3.63, 3.8) is 0 Å². The Labute approximate surface area is 110 Å². The first kappa shape index (κ1) is 12.3. The van der Waals surface area contributed by atoms with Crippen LogP contribution in [-0.2, 0) is 0 Å². The van der Waals surface area contributed by atoms with Crippen molar-refractivity contribution in [3.8, 4) is 0 Å². The molecule has 3 heteroatoms. The van der Waals surface area contributed by atoms with E-state index in [1.54, 1.807) is 11.8 Å². The highest BCUT2D eigenvalue weighted by Gasteiger charge is 2.06. The Bertz CT molecular complexity index is 491. The fourth-order valence-electron chi connectivity index (χ4n) is 1.38. The van der Waals surface area contributed by atoms with Crippen molar-refractivity contribution in [3.05, 3.63) is 60.2 Å². The van der Waals surface area contributed by atoms with Crippen molar-refractivity contribution in [2.24, 2.45) is 0 Å². The van der Waals surface area contributed by atoms with Gasteiger partial charge < -0.3 is 0 Å². The predicted molar refractivity (Wildman–Crippen MR) is 74.9 cm³/mol. The van der Waals surface area contributed by atoms with Crippen LogP contribution >= 0.6 is 23.5 Å². The molecule has 17 heavy (non-hydrogen) atoms. The van der Waals surface area contributed by atoms with Gasteiger partial charge in [0.05, 0.1) is 0 Å². The van der Waals surface area contributed by atoms with Crippen LogP contribution in [0.15, 0.2) is 64.4 Å². The molecule has 0 radical (unpaired) electrons. The molecular weight excluding hydrogens is 248 g/mol. The van der Waals surface area contributed by atoms with Crippen LogP contribution in [0.2, 0.25) is 0 Å². The molecule has 0 fully saturated rings. The van der Waals surface area contributed by atoms with E-state index in [4.69, 9.17) is 0 Å². The average molecular weight is 260 g/mol. The van der Waals surface area contributed by atoms with Gasteiger partial charge in [0.25, 0.3) is 0 Å². The van der Waals surface area contributed by atoms with Crippen molar-refractivity contribution in [2.45, 2.75) is 9.79 Å². The van der Waals surface area contributed by atoms with E-state index >= 15 is 0 Å². The lowest BCUT2D eigenvalue weighted by Crippen LogP contribution is -1.91. The van der Waals surface area contributed by atoms with Crippen LogP contribution in [0.1, 0.15) is 10.4 Å². The van der Waals surface area contributed by atoms with Gasteiger partial charge in [-0.3, -0.25) is 4.79 Å². The molecule has 2 aromatic carbocycles. The highest BCUT2D eigenvalue weighted by Crippen LogP contribution is 2.25. The number of thioether (sulfide) groups is 2. The quantitative estimate of drug-likeness (QED) is 0.764. The van der Waals surface area contributed by atoms with Crippen LogP contribution in [0.5, 0.6) is 0 Å². The van der Waals surface area contributed by atoms with Crippen molar-refractivity contribution >= 4 is 28.6 Å². The third-order valence-corrected chi connectivity index (χ3v) is 3.95. The highest BCUT2D eigenvalue weighted by atomic mass is 32.2. The van der Waals surface area contributed by atoms with E-state index in [2.05, 4.69) is 0 Å². The summed E-state index contributed by atoms with van der Waals surface area (Å²) in [5, 5.41) is 0.0856. The van der Waals surface area contributed by atoms with E-state index in [0.717, 1.165) is 10.5 Å².